The van der Waals surface area contributed by atoms with E-state index in [1.807, 2.05) is 48.7 Å². The number of aromatic nitrogens is 1. The van der Waals surface area contributed by atoms with Gasteiger partial charge in [0.15, 0.2) is 0 Å². The molecule has 2 aromatic carbocycles. The Balaban J connectivity index is 1.19. The SMILES string of the molecule is COc1cccc(CCN2C(=O)c3cccc(N4CCC[C@@H](C(=O)N5CCCC[C@H]5c5cccnc5)C4)c3C2=O)c1. The van der Waals surface area contributed by atoms with Crippen molar-refractivity contribution >= 4 is 23.4 Å². The first-order valence-corrected chi connectivity index (χ1v) is 14.6. The van der Waals surface area contributed by atoms with Gasteiger partial charge in [-0.1, -0.05) is 24.3 Å². The van der Waals surface area contributed by atoms with Crippen molar-refractivity contribution in [3.8, 4) is 5.75 Å². The quantitative estimate of drug-likeness (QED) is 0.388. The van der Waals surface area contributed by atoms with Crippen LogP contribution in [0, 0.1) is 5.92 Å². The lowest BCUT2D eigenvalue weighted by Crippen LogP contribution is -2.47. The Bertz CT molecular complexity index is 1440. The minimum atomic E-state index is -0.260. The van der Waals surface area contributed by atoms with Crippen molar-refractivity contribution in [3.05, 3.63) is 89.2 Å². The predicted octanol–water partition coefficient (Wildman–Crippen LogP) is 4.90. The molecule has 3 aliphatic rings. The number of carbonyl (C=O) groups is 3. The largest absolute Gasteiger partial charge is 0.497 e. The van der Waals surface area contributed by atoms with E-state index in [1.54, 1.807) is 19.4 Å². The third-order valence-corrected chi connectivity index (χ3v) is 8.70. The molecule has 0 saturated carbocycles. The molecule has 2 saturated heterocycles. The van der Waals surface area contributed by atoms with Crippen molar-refractivity contribution in [3.63, 3.8) is 0 Å². The number of pyridine rings is 1. The zero-order valence-electron chi connectivity index (χ0n) is 23.5. The van der Waals surface area contributed by atoms with Gasteiger partial charge >= 0.3 is 0 Å². The molecule has 8 nitrogen and oxygen atoms in total. The Labute approximate surface area is 240 Å². The summed E-state index contributed by atoms with van der Waals surface area (Å²) in [4.78, 5) is 50.7. The molecule has 4 heterocycles. The van der Waals surface area contributed by atoms with Crippen molar-refractivity contribution in [2.24, 2.45) is 5.92 Å². The van der Waals surface area contributed by atoms with E-state index in [4.69, 9.17) is 4.74 Å². The predicted molar refractivity (Wildman–Crippen MR) is 156 cm³/mol. The number of benzene rings is 2. The number of carbonyl (C=O) groups excluding carboxylic acids is 3. The van der Waals surface area contributed by atoms with E-state index in [0.29, 0.717) is 30.6 Å². The van der Waals surface area contributed by atoms with Crippen LogP contribution in [0.25, 0.3) is 0 Å². The minimum absolute atomic E-state index is 0.0543. The highest BCUT2D eigenvalue weighted by Crippen LogP contribution is 2.37. The summed E-state index contributed by atoms with van der Waals surface area (Å²) in [5.41, 5.74) is 3.75. The van der Waals surface area contributed by atoms with E-state index < -0.39 is 0 Å². The molecular formula is C33H36N4O4. The molecule has 0 radical (unpaired) electrons. The Morgan fingerprint density at radius 1 is 0.976 bits per heavy atom. The number of methoxy groups -OCH3 is 1. The third kappa shape index (κ3) is 5.31. The minimum Gasteiger partial charge on any atom is -0.497 e. The molecule has 2 atom stereocenters. The van der Waals surface area contributed by atoms with E-state index in [9.17, 15) is 14.4 Å². The molecular weight excluding hydrogens is 516 g/mol. The lowest BCUT2D eigenvalue weighted by molar-refractivity contribution is -0.139. The number of amides is 3. The van der Waals surface area contributed by atoms with Crippen molar-refractivity contribution in [1.29, 1.82) is 0 Å². The molecule has 8 heteroatoms. The second kappa shape index (κ2) is 11.7. The third-order valence-electron chi connectivity index (χ3n) is 8.70. The molecule has 3 aromatic rings. The lowest BCUT2D eigenvalue weighted by Gasteiger charge is -2.41. The smallest absolute Gasteiger partial charge is 0.263 e. The summed E-state index contributed by atoms with van der Waals surface area (Å²) >= 11 is 0. The summed E-state index contributed by atoms with van der Waals surface area (Å²) < 4.78 is 5.31. The van der Waals surface area contributed by atoms with Gasteiger partial charge in [-0.05, 0) is 80.0 Å². The van der Waals surface area contributed by atoms with Crippen LogP contribution in [-0.4, -0.2) is 65.8 Å². The monoisotopic (exact) mass is 552 g/mol. The van der Waals surface area contributed by atoms with Gasteiger partial charge in [-0.15, -0.1) is 0 Å². The number of imide groups is 1. The number of ether oxygens (including phenoxy) is 1. The second-order valence-electron chi connectivity index (χ2n) is 11.2. The fourth-order valence-electron chi connectivity index (χ4n) is 6.60. The highest BCUT2D eigenvalue weighted by atomic mass is 16.5. The van der Waals surface area contributed by atoms with Gasteiger partial charge in [0, 0.05) is 38.6 Å². The molecule has 41 heavy (non-hydrogen) atoms. The molecule has 212 valence electrons. The number of anilines is 1. The van der Waals surface area contributed by atoms with Crippen LogP contribution in [0.3, 0.4) is 0 Å². The fourth-order valence-corrected chi connectivity index (χ4v) is 6.60. The summed E-state index contributed by atoms with van der Waals surface area (Å²) in [6, 6.07) is 17.2. The van der Waals surface area contributed by atoms with Gasteiger partial charge < -0.3 is 14.5 Å². The zero-order chi connectivity index (χ0) is 28.3. The Kier molecular flexibility index (Phi) is 7.72. The molecule has 1 aromatic heterocycles. The maximum atomic E-state index is 13.9. The maximum absolute atomic E-state index is 13.9. The molecule has 0 spiro atoms. The summed E-state index contributed by atoms with van der Waals surface area (Å²) in [6.07, 6.45) is 8.91. The Hall–Kier alpha value is -4.20. The van der Waals surface area contributed by atoms with E-state index in [-0.39, 0.29) is 29.7 Å². The normalized spacial score (nSPS) is 20.8. The Morgan fingerprint density at radius 3 is 2.68 bits per heavy atom. The molecule has 3 amide bonds. The molecule has 6 rings (SSSR count). The van der Waals surface area contributed by atoms with Crippen LogP contribution in [0.4, 0.5) is 5.69 Å². The molecule has 0 unspecified atom stereocenters. The van der Waals surface area contributed by atoms with Crippen molar-refractivity contribution in [2.45, 2.75) is 44.6 Å². The van der Waals surface area contributed by atoms with Crippen LogP contribution in [0.5, 0.6) is 5.75 Å². The van der Waals surface area contributed by atoms with Gasteiger partial charge in [-0.25, -0.2) is 0 Å². The fraction of sp³-hybridized carbons (Fsp3) is 0.394. The average molecular weight is 553 g/mol. The van der Waals surface area contributed by atoms with Crippen molar-refractivity contribution in [2.75, 3.05) is 38.2 Å². The van der Waals surface area contributed by atoms with E-state index in [0.717, 1.165) is 67.8 Å². The molecule has 0 aliphatic carbocycles. The molecule has 0 N–H and O–H groups in total. The lowest BCUT2D eigenvalue weighted by atomic mass is 9.91. The Morgan fingerprint density at radius 2 is 1.85 bits per heavy atom. The number of nitrogens with zero attached hydrogens (tertiary/aromatic N) is 4. The number of hydrogen-bond donors (Lipinski definition) is 0. The number of hydrogen-bond acceptors (Lipinski definition) is 6. The average Bonchev–Trinajstić information content (AvgIpc) is 3.28. The van der Waals surface area contributed by atoms with E-state index in [1.165, 1.54) is 4.90 Å². The maximum Gasteiger partial charge on any atom is 0.263 e. The van der Waals surface area contributed by atoms with Gasteiger partial charge in [0.1, 0.15) is 5.75 Å². The van der Waals surface area contributed by atoms with Crippen LogP contribution >= 0.6 is 0 Å². The summed E-state index contributed by atoms with van der Waals surface area (Å²) in [5.74, 6) is 0.251. The number of fused-ring (bicyclic) bond motifs is 1. The highest BCUT2D eigenvalue weighted by molar-refractivity contribution is 6.23. The zero-order valence-corrected chi connectivity index (χ0v) is 23.5. The van der Waals surface area contributed by atoms with Crippen LogP contribution < -0.4 is 9.64 Å². The number of rotatable bonds is 7. The van der Waals surface area contributed by atoms with Crippen molar-refractivity contribution in [1.82, 2.24) is 14.8 Å². The van der Waals surface area contributed by atoms with Gasteiger partial charge in [0.25, 0.3) is 11.8 Å². The van der Waals surface area contributed by atoms with E-state index in [2.05, 4.69) is 20.9 Å². The number of piperidine rings is 2. The van der Waals surface area contributed by atoms with Gasteiger partial charge in [0.05, 0.1) is 35.9 Å². The van der Waals surface area contributed by atoms with Gasteiger partial charge in [-0.2, -0.15) is 0 Å². The summed E-state index contributed by atoms with van der Waals surface area (Å²) in [5, 5.41) is 0. The summed E-state index contributed by atoms with van der Waals surface area (Å²) in [6.45, 7) is 2.34. The molecule has 2 fully saturated rings. The topological polar surface area (TPSA) is 83.1 Å². The van der Waals surface area contributed by atoms with Crippen molar-refractivity contribution < 1.29 is 19.1 Å². The number of likely N-dealkylation sites (tertiary alicyclic amines) is 1. The molecule has 0 bridgehead atoms. The van der Waals surface area contributed by atoms with Crippen LogP contribution in [0.15, 0.2) is 67.0 Å². The van der Waals surface area contributed by atoms with Crippen LogP contribution in [0.2, 0.25) is 0 Å². The summed E-state index contributed by atoms with van der Waals surface area (Å²) in [7, 11) is 1.62. The van der Waals surface area contributed by atoms with Crippen LogP contribution in [-0.2, 0) is 11.2 Å². The first-order valence-electron chi connectivity index (χ1n) is 14.6. The first kappa shape index (κ1) is 27.0. The van der Waals surface area contributed by atoms with Crippen LogP contribution in [0.1, 0.15) is 70.0 Å². The van der Waals surface area contributed by atoms with Gasteiger partial charge in [0.2, 0.25) is 5.91 Å². The first-order chi connectivity index (χ1) is 20.0. The standard InChI is InChI=1S/C33H36N4O4/c1-41-26-11-4-8-23(20-26)15-19-37-32(39)27-12-5-14-29(30(27)33(37)40)35-17-7-10-25(22-35)31(38)36-18-3-2-13-28(36)24-9-6-16-34-21-24/h4-6,8-9,11-12,14,16,20-21,25,28H,2-3,7,10,13,15,17-19,22H2,1H3/t25-,28+/m1/s1. The molecule has 3 aliphatic heterocycles. The highest BCUT2D eigenvalue weighted by Gasteiger charge is 2.40. The van der Waals surface area contributed by atoms with Gasteiger partial charge in [-0.3, -0.25) is 24.3 Å². The second-order valence-corrected chi connectivity index (χ2v) is 11.2. The van der Waals surface area contributed by atoms with E-state index >= 15 is 0 Å².